The van der Waals surface area contributed by atoms with Crippen molar-refractivity contribution in [1.82, 2.24) is 9.71 Å². The normalized spacial score (nSPS) is 11.6. The molecule has 0 spiro atoms. The van der Waals surface area contributed by atoms with Gasteiger partial charge in [-0.25, -0.2) is 18.1 Å². The SMILES string of the molecule is N#Cc1ccc(S(=O)(=O)NC(=O)c2ccnc(Cl)c2)cc1C(F)(F)F. The van der Waals surface area contributed by atoms with Crippen LogP contribution in [0.5, 0.6) is 0 Å². The second kappa shape index (κ2) is 6.70. The number of alkyl halides is 3. The number of nitrogens with one attached hydrogen (secondary N) is 1. The predicted molar refractivity (Wildman–Crippen MR) is 80.1 cm³/mol. The molecule has 0 unspecified atom stereocenters. The molecule has 0 saturated heterocycles. The number of nitrogens with zero attached hydrogens (tertiary/aromatic N) is 2. The Bertz CT molecular complexity index is 985. The first-order chi connectivity index (χ1) is 11.5. The summed E-state index contributed by atoms with van der Waals surface area (Å²) in [5, 5.41) is 8.64. The summed E-state index contributed by atoms with van der Waals surface area (Å²) in [5.74, 6) is -1.10. The van der Waals surface area contributed by atoms with Crippen LogP contribution in [0.15, 0.2) is 41.4 Å². The van der Waals surface area contributed by atoms with Crippen molar-refractivity contribution in [1.29, 1.82) is 5.26 Å². The molecular weight excluding hydrogens is 383 g/mol. The number of benzene rings is 1. The van der Waals surface area contributed by atoms with Gasteiger partial charge >= 0.3 is 6.18 Å². The largest absolute Gasteiger partial charge is 0.417 e. The highest BCUT2D eigenvalue weighted by Crippen LogP contribution is 2.33. The zero-order valence-electron chi connectivity index (χ0n) is 12.0. The maximum atomic E-state index is 12.9. The topological polar surface area (TPSA) is 99.9 Å². The lowest BCUT2D eigenvalue weighted by molar-refractivity contribution is -0.137. The van der Waals surface area contributed by atoms with Crippen LogP contribution in [0, 0.1) is 11.3 Å². The van der Waals surface area contributed by atoms with Crippen LogP contribution in [-0.2, 0) is 16.2 Å². The average molecular weight is 390 g/mol. The standard InChI is InChI=1S/C14H7ClF3N3O3S/c15-12-5-8(3-4-20-12)13(22)21-25(23,24)10-2-1-9(7-19)11(6-10)14(16,17)18/h1-6H,(H,21,22). The Labute approximate surface area is 144 Å². The van der Waals surface area contributed by atoms with E-state index in [2.05, 4.69) is 4.98 Å². The zero-order valence-corrected chi connectivity index (χ0v) is 13.6. The minimum absolute atomic E-state index is 0.0669. The molecule has 1 aromatic carbocycles. The molecule has 25 heavy (non-hydrogen) atoms. The van der Waals surface area contributed by atoms with Crippen molar-refractivity contribution >= 4 is 27.5 Å². The van der Waals surface area contributed by atoms with Crippen LogP contribution < -0.4 is 4.72 Å². The fourth-order valence-electron chi connectivity index (χ4n) is 1.81. The number of nitriles is 1. The maximum Gasteiger partial charge on any atom is 0.417 e. The summed E-state index contributed by atoms with van der Waals surface area (Å²) in [6.45, 7) is 0. The van der Waals surface area contributed by atoms with Crippen molar-refractivity contribution in [2.24, 2.45) is 0 Å². The molecule has 0 fully saturated rings. The van der Waals surface area contributed by atoms with Crippen LogP contribution in [-0.4, -0.2) is 19.3 Å². The average Bonchev–Trinajstić information content (AvgIpc) is 2.53. The molecule has 0 aliphatic carbocycles. The molecule has 0 saturated carbocycles. The van der Waals surface area contributed by atoms with Gasteiger partial charge in [0.2, 0.25) is 0 Å². The fourth-order valence-corrected chi connectivity index (χ4v) is 2.98. The van der Waals surface area contributed by atoms with Crippen molar-refractivity contribution in [3.05, 3.63) is 58.4 Å². The molecule has 1 aromatic heterocycles. The third-order valence-corrected chi connectivity index (χ3v) is 4.48. The molecule has 0 aliphatic heterocycles. The van der Waals surface area contributed by atoms with Gasteiger partial charge in [0.05, 0.1) is 22.1 Å². The van der Waals surface area contributed by atoms with Gasteiger partial charge in [-0.2, -0.15) is 18.4 Å². The number of sulfonamides is 1. The summed E-state index contributed by atoms with van der Waals surface area (Å²) in [6.07, 6.45) is -3.77. The number of amides is 1. The van der Waals surface area contributed by atoms with E-state index in [1.54, 1.807) is 4.72 Å². The number of pyridine rings is 1. The number of hydrogen-bond donors (Lipinski definition) is 1. The van der Waals surface area contributed by atoms with E-state index in [-0.39, 0.29) is 16.8 Å². The molecule has 6 nitrogen and oxygen atoms in total. The Hall–Kier alpha value is -2.64. The number of aromatic nitrogens is 1. The van der Waals surface area contributed by atoms with Gasteiger partial charge in [-0.3, -0.25) is 4.79 Å². The van der Waals surface area contributed by atoms with E-state index >= 15 is 0 Å². The molecule has 0 bridgehead atoms. The Morgan fingerprint density at radius 3 is 2.48 bits per heavy atom. The quantitative estimate of drug-likeness (QED) is 0.813. The summed E-state index contributed by atoms with van der Waals surface area (Å²) < 4.78 is 64.7. The highest BCUT2D eigenvalue weighted by Gasteiger charge is 2.35. The first-order valence-electron chi connectivity index (χ1n) is 6.34. The summed E-state index contributed by atoms with van der Waals surface area (Å²) in [6, 6.07) is 5.39. The van der Waals surface area contributed by atoms with Gasteiger partial charge in [-0.1, -0.05) is 11.6 Å². The van der Waals surface area contributed by atoms with Crippen molar-refractivity contribution in [3.63, 3.8) is 0 Å². The molecule has 2 aromatic rings. The van der Waals surface area contributed by atoms with Crippen molar-refractivity contribution < 1.29 is 26.4 Å². The number of carbonyl (C=O) groups excluding carboxylic acids is 1. The van der Waals surface area contributed by atoms with Gasteiger partial charge in [-0.15, -0.1) is 0 Å². The lowest BCUT2D eigenvalue weighted by Gasteiger charge is -2.12. The lowest BCUT2D eigenvalue weighted by atomic mass is 10.1. The van der Waals surface area contributed by atoms with Gasteiger partial charge in [0.1, 0.15) is 5.15 Å². The van der Waals surface area contributed by atoms with E-state index in [1.165, 1.54) is 12.1 Å². The Kier molecular flexibility index (Phi) is 5.01. The molecule has 0 atom stereocenters. The van der Waals surface area contributed by atoms with Crippen molar-refractivity contribution in [2.45, 2.75) is 11.1 Å². The summed E-state index contributed by atoms with van der Waals surface area (Å²) in [7, 11) is -4.60. The van der Waals surface area contributed by atoms with Crippen molar-refractivity contribution in [3.8, 4) is 6.07 Å². The van der Waals surface area contributed by atoms with Crippen LogP contribution in [0.3, 0.4) is 0 Å². The Balaban J connectivity index is 2.40. The molecule has 11 heteroatoms. The van der Waals surface area contributed by atoms with E-state index in [9.17, 15) is 26.4 Å². The van der Waals surface area contributed by atoms with Gasteiger partial charge in [0.25, 0.3) is 15.9 Å². The summed E-state index contributed by atoms with van der Waals surface area (Å²) in [4.78, 5) is 14.7. The molecule has 2 rings (SSSR count). The number of hydrogen-bond acceptors (Lipinski definition) is 5. The Morgan fingerprint density at radius 1 is 1.24 bits per heavy atom. The van der Waals surface area contributed by atoms with Crippen LogP contribution in [0.1, 0.15) is 21.5 Å². The predicted octanol–water partition coefficient (Wildman–Crippen LogP) is 2.74. The van der Waals surface area contributed by atoms with Crippen molar-refractivity contribution in [2.75, 3.05) is 0 Å². The lowest BCUT2D eigenvalue weighted by Crippen LogP contribution is -2.30. The third-order valence-electron chi connectivity index (χ3n) is 2.94. The van der Waals surface area contributed by atoms with E-state index in [4.69, 9.17) is 16.9 Å². The second-order valence-electron chi connectivity index (χ2n) is 4.62. The molecule has 1 amide bonds. The monoisotopic (exact) mass is 389 g/mol. The molecule has 130 valence electrons. The van der Waals surface area contributed by atoms with E-state index in [1.807, 2.05) is 0 Å². The highest BCUT2D eigenvalue weighted by molar-refractivity contribution is 7.90. The number of rotatable bonds is 3. The molecule has 0 radical (unpaired) electrons. The van der Waals surface area contributed by atoms with Gasteiger partial charge in [0, 0.05) is 11.8 Å². The minimum atomic E-state index is -4.93. The summed E-state index contributed by atoms with van der Waals surface area (Å²) >= 11 is 5.59. The van der Waals surface area contributed by atoms with Crippen LogP contribution >= 0.6 is 11.6 Å². The summed E-state index contributed by atoms with van der Waals surface area (Å²) in [5.41, 5.74) is -2.30. The number of carbonyl (C=O) groups is 1. The molecule has 1 N–H and O–H groups in total. The first kappa shape index (κ1) is 18.7. The van der Waals surface area contributed by atoms with Gasteiger partial charge in [0.15, 0.2) is 0 Å². The van der Waals surface area contributed by atoms with E-state index in [0.717, 1.165) is 18.3 Å². The number of halogens is 4. The molecular formula is C14H7ClF3N3O3S. The first-order valence-corrected chi connectivity index (χ1v) is 8.21. The van der Waals surface area contributed by atoms with E-state index in [0.29, 0.717) is 6.07 Å². The zero-order chi connectivity index (χ0) is 18.8. The Morgan fingerprint density at radius 2 is 1.92 bits per heavy atom. The van der Waals surface area contributed by atoms with Gasteiger partial charge < -0.3 is 0 Å². The van der Waals surface area contributed by atoms with Gasteiger partial charge in [-0.05, 0) is 30.3 Å². The molecule has 0 aliphatic rings. The van der Waals surface area contributed by atoms with E-state index < -0.39 is 38.1 Å². The third kappa shape index (κ3) is 4.26. The fraction of sp³-hybridized carbons (Fsp3) is 0.0714. The van der Waals surface area contributed by atoms with Crippen LogP contribution in [0.4, 0.5) is 13.2 Å². The maximum absolute atomic E-state index is 12.9. The smallest absolute Gasteiger partial charge is 0.268 e. The second-order valence-corrected chi connectivity index (χ2v) is 6.69. The molecule has 1 heterocycles. The minimum Gasteiger partial charge on any atom is -0.268 e. The highest BCUT2D eigenvalue weighted by atomic mass is 35.5. The van der Waals surface area contributed by atoms with Crippen LogP contribution in [0.2, 0.25) is 5.15 Å². The van der Waals surface area contributed by atoms with Crippen LogP contribution in [0.25, 0.3) is 0 Å².